The lowest BCUT2D eigenvalue weighted by Gasteiger charge is -2.08. The van der Waals surface area contributed by atoms with Crippen LogP contribution in [0.1, 0.15) is 27.3 Å². The lowest BCUT2D eigenvalue weighted by atomic mass is 10.1. The molecule has 0 radical (unpaired) electrons. The highest BCUT2D eigenvalue weighted by atomic mass is 32.2. The molecule has 0 aliphatic carbocycles. The van der Waals surface area contributed by atoms with Gasteiger partial charge in [-0.2, -0.15) is 5.10 Å². The first-order chi connectivity index (χ1) is 12.0. The van der Waals surface area contributed by atoms with E-state index in [0.29, 0.717) is 12.1 Å². The molecule has 0 atom stereocenters. The number of pyridine rings is 1. The van der Waals surface area contributed by atoms with Crippen LogP contribution in [0.25, 0.3) is 11.0 Å². The van der Waals surface area contributed by atoms with E-state index in [4.69, 9.17) is 0 Å². The number of thioether (sulfide) groups is 1. The van der Waals surface area contributed by atoms with Crippen molar-refractivity contribution < 1.29 is 4.79 Å². The molecular formula is C19H22N4OS. The molecule has 2 heterocycles. The molecule has 1 aromatic carbocycles. The second-order valence-corrected chi connectivity index (χ2v) is 7.30. The van der Waals surface area contributed by atoms with Crippen LogP contribution < -0.4 is 5.32 Å². The Kier molecular flexibility index (Phi) is 5.08. The van der Waals surface area contributed by atoms with Crippen LogP contribution in [0.15, 0.2) is 35.2 Å². The molecule has 6 heteroatoms. The summed E-state index contributed by atoms with van der Waals surface area (Å²) in [5.41, 5.74) is 4.28. The molecule has 0 aliphatic rings. The van der Waals surface area contributed by atoms with Gasteiger partial charge in [-0.3, -0.25) is 9.48 Å². The average molecular weight is 354 g/mol. The van der Waals surface area contributed by atoms with Gasteiger partial charge in [0.25, 0.3) is 5.91 Å². The molecule has 0 bridgehead atoms. The first-order valence-corrected chi connectivity index (χ1v) is 9.23. The van der Waals surface area contributed by atoms with Crippen molar-refractivity contribution in [3.05, 3.63) is 52.8 Å². The minimum absolute atomic E-state index is 0.0730. The number of amides is 1. The lowest BCUT2D eigenvalue weighted by Crippen LogP contribution is -2.26. The monoisotopic (exact) mass is 354 g/mol. The minimum atomic E-state index is -0.0730. The van der Waals surface area contributed by atoms with E-state index in [1.165, 1.54) is 10.5 Å². The molecule has 0 unspecified atom stereocenters. The maximum absolute atomic E-state index is 12.6. The van der Waals surface area contributed by atoms with Gasteiger partial charge < -0.3 is 5.32 Å². The zero-order valence-corrected chi connectivity index (χ0v) is 15.8. The molecule has 1 amide bonds. The number of fused-ring (bicyclic) bond motifs is 1. The number of hydrogen-bond donors (Lipinski definition) is 1. The van der Waals surface area contributed by atoms with Gasteiger partial charge in [0.2, 0.25) is 0 Å². The highest BCUT2D eigenvalue weighted by Gasteiger charge is 2.17. The summed E-state index contributed by atoms with van der Waals surface area (Å²) in [6, 6.07) is 10.2. The zero-order valence-electron chi connectivity index (χ0n) is 15.0. The van der Waals surface area contributed by atoms with Crippen molar-refractivity contribution >= 4 is 28.7 Å². The predicted octanol–water partition coefficient (Wildman–Crippen LogP) is 3.42. The Morgan fingerprint density at radius 3 is 2.64 bits per heavy atom. The molecule has 0 spiro atoms. The van der Waals surface area contributed by atoms with Crippen molar-refractivity contribution in [1.82, 2.24) is 20.1 Å². The van der Waals surface area contributed by atoms with Crippen LogP contribution in [0.4, 0.5) is 0 Å². The molecule has 2 aromatic heterocycles. The van der Waals surface area contributed by atoms with Crippen LogP contribution in [-0.4, -0.2) is 33.0 Å². The van der Waals surface area contributed by atoms with Crippen LogP contribution in [0.2, 0.25) is 0 Å². The van der Waals surface area contributed by atoms with Gasteiger partial charge in [-0.1, -0.05) is 17.7 Å². The number of carbonyl (C=O) groups excluding carboxylic acids is 1. The van der Waals surface area contributed by atoms with E-state index < -0.39 is 0 Å². The normalized spacial score (nSPS) is 11.0. The second-order valence-electron chi connectivity index (χ2n) is 6.14. The van der Waals surface area contributed by atoms with Gasteiger partial charge in [0.05, 0.1) is 16.6 Å². The first-order valence-electron chi connectivity index (χ1n) is 8.24. The Hall–Kier alpha value is -2.34. The summed E-state index contributed by atoms with van der Waals surface area (Å²) in [5.74, 6) is 0.754. The molecule has 0 fully saturated rings. The van der Waals surface area contributed by atoms with E-state index in [1.807, 2.05) is 27.0 Å². The number of nitrogens with one attached hydrogen (secondary N) is 1. The Morgan fingerprint density at radius 1 is 1.20 bits per heavy atom. The van der Waals surface area contributed by atoms with Crippen LogP contribution in [-0.2, 0) is 7.05 Å². The fourth-order valence-corrected chi connectivity index (χ4v) is 3.58. The summed E-state index contributed by atoms with van der Waals surface area (Å²) < 4.78 is 1.72. The smallest absolute Gasteiger partial charge is 0.252 e. The molecular weight excluding hydrogens is 332 g/mol. The fraction of sp³-hybridized carbons (Fsp3) is 0.316. The van der Waals surface area contributed by atoms with Gasteiger partial charge in [0, 0.05) is 29.9 Å². The predicted molar refractivity (Wildman–Crippen MR) is 102 cm³/mol. The summed E-state index contributed by atoms with van der Waals surface area (Å²) in [6.45, 7) is 6.49. The molecule has 3 aromatic rings. The number of aryl methyl sites for hydroxylation is 4. The summed E-state index contributed by atoms with van der Waals surface area (Å²) in [4.78, 5) is 18.4. The third kappa shape index (κ3) is 3.85. The van der Waals surface area contributed by atoms with Crippen molar-refractivity contribution in [2.24, 2.45) is 7.05 Å². The Labute approximate surface area is 151 Å². The van der Waals surface area contributed by atoms with E-state index in [-0.39, 0.29) is 5.91 Å². The second kappa shape index (κ2) is 7.27. The van der Waals surface area contributed by atoms with Gasteiger partial charge >= 0.3 is 0 Å². The van der Waals surface area contributed by atoms with Crippen molar-refractivity contribution in [2.45, 2.75) is 25.7 Å². The average Bonchev–Trinajstić information content (AvgIpc) is 2.86. The van der Waals surface area contributed by atoms with Gasteiger partial charge in [-0.25, -0.2) is 4.98 Å². The number of carbonyl (C=O) groups is 1. The van der Waals surface area contributed by atoms with E-state index in [0.717, 1.165) is 28.2 Å². The molecule has 0 aliphatic heterocycles. The molecule has 0 saturated carbocycles. The number of rotatable bonds is 5. The molecule has 25 heavy (non-hydrogen) atoms. The fourth-order valence-electron chi connectivity index (χ4n) is 2.81. The third-order valence-corrected chi connectivity index (χ3v) is 5.03. The number of aromatic nitrogens is 3. The Bertz CT molecular complexity index is 915. The van der Waals surface area contributed by atoms with Crippen molar-refractivity contribution in [3.63, 3.8) is 0 Å². The molecule has 5 nitrogen and oxygen atoms in total. The van der Waals surface area contributed by atoms with Crippen LogP contribution in [0, 0.1) is 20.8 Å². The summed E-state index contributed by atoms with van der Waals surface area (Å²) in [5, 5.41) is 8.23. The largest absolute Gasteiger partial charge is 0.351 e. The molecule has 1 N–H and O–H groups in total. The quantitative estimate of drug-likeness (QED) is 0.563. The SMILES string of the molecule is Cc1ccc(SCCNC(=O)c2cc(C)nc3c2c(C)nn3C)cc1. The standard InChI is InChI=1S/C19H22N4OS/c1-12-5-7-15(8-6-12)25-10-9-20-19(24)16-11-13(2)21-18-17(16)14(3)22-23(18)4/h5-8,11H,9-10H2,1-4H3,(H,20,24). The highest BCUT2D eigenvalue weighted by Crippen LogP contribution is 2.22. The first kappa shape index (κ1) is 17.5. The van der Waals surface area contributed by atoms with Gasteiger partial charge in [0.1, 0.15) is 0 Å². The van der Waals surface area contributed by atoms with Crippen LogP contribution in [0.5, 0.6) is 0 Å². The number of benzene rings is 1. The number of hydrogen-bond acceptors (Lipinski definition) is 4. The third-order valence-electron chi connectivity index (χ3n) is 4.02. The summed E-state index contributed by atoms with van der Waals surface area (Å²) >= 11 is 1.74. The van der Waals surface area contributed by atoms with Gasteiger partial charge in [0.15, 0.2) is 5.65 Å². The van der Waals surface area contributed by atoms with E-state index >= 15 is 0 Å². The molecule has 130 valence electrons. The van der Waals surface area contributed by atoms with E-state index in [2.05, 4.69) is 46.6 Å². The minimum Gasteiger partial charge on any atom is -0.351 e. The summed E-state index contributed by atoms with van der Waals surface area (Å²) in [7, 11) is 1.85. The lowest BCUT2D eigenvalue weighted by molar-refractivity contribution is 0.0957. The molecule has 0 saturated heterocycles. The maximum atomic E-state index is 12.6. The maximum Gasteiger partial charge on any atom is 0.252 e. The van der Waals surface area contributed by atoms with Gasteiger partial charge in [-0.15, -0.1) is 11.8 Å². The van der Waals surface area contributed by atoms with Gasteiger partial charge in [-0.05, 0) is 39.0 Å². The van der Waals surface area contributed by atoms with Crippen molar-refractivity contribution in [3.8, 4) is 0 Å². The van der Waals surface area contributed by atoms with E-state index in [9.17, 15) is 4.79 Å². The number of nitrogens with zero attached hydrogens (tertiary/aromatic N) is 3. The van der Waals surface area contributed by atoms with Crippen LogP contribution in [0.3, 0.4) is 0 Å². The zero-order chi connectivity index (χ0) is 18.0. The van der Waals surface area contributed by atoms with E-state index in [1.54, 1.807) is 16.4 Å². The topological polar surface area (TPSA) is 59.8 Å². The molecule has 3 rings (SSSR count). The van der Waals surface area contributed by atoms with Crippen molar-refractivity contribution in [2.75, 3.05) is 12.3 Å². The van der Waals surface area contributed by atoms with Crippen molar-refractivity contribution in [1.29, 1.82) is 0 Å². The Morgan fingerprint density at radius 2 is 1.92 bits per heavy atom. The highest BCUT2D eigenvalue weighted by molar-refractivity contribution is 7.99. The summed E-state index contributed by atoms with van der Waals surface area (Å²) in [6.07, 6.45) is 0. The Balaban J connectivity index is 1.67. The van der Waals surface area contributed by atoms with Crippen LogP contribution >= 0.6 is 11.8 Å².